The fraction of sp³-hybridized carbons (Fsp3) is 0.294. The van der Waals surface area contributed by atoms with E-state index in [0.29, 0.717) is 17.1 Å². The molecule has 1 aliphatic heterocycles. The van der Waals surface area contributed by atoms with Crippen molar-refractivity contribution in [2.75, 3.05) is 24.7 Å². The molecule has 51 heavy (non-hydrogen) atoms. The number of aliphatic carboxylic acids is 2. The van der Waals surface area contributed by atoms with E-state index in [1.54, 1.807) is 62.5 Å². The van der Waals surface area contributed by atoms with Gasteiger partial charge in [-0.3, -0.25) is 9.59 Å². The summed E-state index contributed by atoms with van der Waals surface area (Å²) in [5.74, 6) is -5.81. The first-order valence-corrected chi connectivity index (χ1v) is 16.8. The van der Waals surface area contributed by atoms with Crippen molar-refractivity contribution in [1.82, 2.24) is 9.88 Å². The average molecular weight is 735 g/mol. The number of ether oxygens (including phenoxy) is 1. The van der Waals surface area contributed by atoms with E-state index in [9.17, 15) is 40.7 Å². The number of fused-ring (bicyclic) bond motifs is 1. The minimum Gasteiger partial charge on any atom is -0.494 e. The van der Waals surface area contributed by atoms with Gasteiger partial charge in [0.15, 0.2) is 21.4 Å². The smallest absolute Gasteiger partial charge is 0.490 e. The number of hydrogen-bond donors (Lipinski definition) is 4. The van der Waals surface area contributed by atoms with Crippen LogP contribution in [0, 0.1) is 11.7 Å². The van der Waals surface area contributed by atoms with Crippen molar-refractivity contribution >= 4 is 50.0 Å². The maximum absolute atomic E-state index is 14.6. The highest BCUT2D eigenvalue weighted by molar-refractivity contribution is 7.92. The van der Waals surface area contributed by atoms with Crippen LogP contribution in [0.1, 0.15) is 43.5 Å². The number of carboxylic acid groups (broad SMARTS) is 2. The van der Waals surface area contributed by atoms with Gasteiger partial charge in [-0.2, -0.15) is 13.2 Å². The number of carboxylic acids is 2. The Morgan fingerprint density at radius 3 is 2.31 bits per heavy atom. The third kappa shape index (κ3) is 8.30. The molecule has 5 rings (SSSR count). The SMILES string of the molecule is COc1cc([C@@H](Nc2ccc3c(N)nccc3c2)C(=O)N2CC[C@H](C(=O)O)[C@@H]2c2ccccc2S(=O)(=O)C(C)C)ccc1F.O=C(O)C(F)(F)F. The maximum Gasteiger partial charge on any atom is 0.490 e. The monoisotopic (exact) mass is 734 g/mol. The Labute approximate surface area is 289 Å². The number of halogens is 4. The Morgan fingerprint density at radius 1 is 1.04 bits per heavy atom. The molecule has 272 valence electrons. The zero-order chi connectivity index (χ0) is 37.8. The Hall–Kier alpha value is -5.45. The molecule has 0 unspecified atom stereocenters. The molecule has 3 atom stereocenters. The largest absolute Gasteiger partial charge is 0.494 e. The first-order valence-electron chi connectivity index (χ1n) is 15.3. The second kappa shape index (κ2) is 15.2. The average Bonchev–Trinajstić information content (AvgIpc) is 3.53. The molecular weight excluding hydrogens is 700 g/mol. The third-order valence-corrected chi connectivity index (χ3v) is 10.5. The predicted molar refractivity (Wildman–Crippen MR) is 178 cm³/mol. The molecule has 3 aromatic carbocycles. The highest BCUT2D eigenvalue weighted by Gasteiger charge is 2.46. The van der Waals surface area contributed by atoms with Crippen LogP contribution < -0.4 is 15.8 Å². The van der Waals surface area contributed by atoms with Crippen molar-refractivity contribution in [1.29, 1.82) is 0 Å². The van der Waals surface area contributed by atoms with Crippen molar-refractivity contribution in [3.05, 3.63) is 89.9 Å². The minimum atomic E-state index is -5.08. The molecule has 1 amide bonds. The number of nitrogens with one attached hydrogen (secondary N) is 1. The van der Waals surface area contributed by atoms with Crippen LogP contribution in [0.15, 0.2) is 77.8 Å². The molecule has 17 heteroatoms. The van der Waals surface area contributed by atoms with Gasteiger partial charge in [0, 0.05) is 23.8 Å². The number of pyridine rings is 1. The molecule has 5 N–H and O–H groups in total. The fourth-order valence-corrected chi connectivity index (χ4v) is 6.98. The molecule has 1 aromatic heterocycles. The number of sulfone groups is 1. The number of alkyl halides is 3. The van der Waals surface area contributed by atoms with Crippen LogP contribution in [-0.2, 0) is 24.2 Å². The van der Waals surface area contributed by atoms with Crippen LogP contribution in [0.4, 0.5) is 29.1 Å². The van der Waals surface area contributed by atoms with Crippen molar-refractivity contribution in [2.24, 2.45) is 5.92 Å². The third-order valence-electron chi connectivity index (χ3n) is 8.27. The van der Waals surface area contributed by atoms with Crippen molar-refractivity contribution in [3.8, 4) is 5.75 Å². The predicted octanol–water partition coefficient (Wildman–Crippen LogP) is 5.61. The van der Waals surface area contributed by atoms with Crippen LogP contribution in [0.25, 0.3) is 10.8 Å². The molecule has 0 radical (unpaired) electrons. The number of benzene rings is 3. The van der Waals surface area contributed by atoms with E-state index in [0.717, 1.165) is 10.8 Å². The van der Waals surface area contributed by atoms with Gasteiger partial charge in [0.25, 0.3) is 0 Å². The number of methoxy groups -OCH3 is 1. The molecular formula is C34H34F4N4O8S. The molecule has 1 saturated heterocycles. The van der Waals surface area contributed by atoms with E-state index in [2.05, 4.69) is 10.3 Å². The number of nitrogen functional groups attached to an aromatic ring is 1. The van der Waals surface area contributed by atoms with E-state index in [4.69, 9.17) is 20.4 Å². The van der Waals surface area contributed by atoms with Gasteiger partial charge in [0.1, 0.15) is 11.9 Å². The zero-order valence-electron chi connectivity index (χ0n) is 27.4. The lowest BCUT2D eigenvalue weighted by Gasteiger charge is -2.32. The molecule has 0 saturated carbocycles. The lowest BCUT2D eigenvalue weighted by atomic mass is 9.93. The molecule has 0 spiro atoms. The van der Waals surface area contributed by atoms with E-state index >= 15 is 0 Å². The molecule has 0 bridgehead atoms. The van der Waals surface area contributed by atoms with E-state index in [1.165, 1.54) is 36.3 Å². The number of nitrogens with zero attached hydrogens (tertiary/aromatic N) is 2. The highest BCUT2D eigenvalue weighted by Crippen LogP contribution is 2.43. The summed E-state index contributed by atoms with van der Waals surface area (Å²) in [5.41, 5.74) is 7.16. The summed E-state index contributed by atoms with van der Waals surface area (Å²) in [5, 5.41) is 21.3. The number of rotatable bonds is 9. The fourth-order valence-electron chi connectivity index (χ4n) is 5.69. The summed E-state index contributed by atoms with van der Waals surface area (Å²) in [6.07, 6.45) is -3.40. The Balaban J connectivity index is 0.000000755. The lowest BCUT2D eigenvalue weighted by Crippen LogP contribution is -2.40. The second-order valence-electron chi connectivity index (χ2n) is 11.7. The van der Waals surface area contributed by atoms with E-state index < -0.39 is 62.9 Å². The number of carbonyl (C=O) groups excluding carboxylic acids is 1. The number of hydrogen-bond acceptors (Lipinski definition) is 9. The van der Waals surface area contributed by atoms with E-state index in [1.807, 2.05) is 0 Å². The molecule has 12 nitrogen and oxygen atoms in total. The van der Waals surface area contributed by atoms with Crippen LogP contribution in [0.3, 0.4) is 0 Å². The lowest BCUT2D eigenvalue weighted by molar-refractivity contribution is -0.192. The van der Waals surface area contributed by atoms with Gasteiger partial charge >= 0.3 is 18.1 Å². The summed E-state index contributed by atoms with van der Waals surface area (Å²) < 4.78 is 78.1. The van der Waals surface area contributed by atoms with Crippen molar-refractivity contribution < 1.29 is 55.3 Å². The van der Waals surface area contributed by atoms with Gasteiger partial charge in [-0.05, 0) is 79.2 Å². The van der Waals surface area contributed by atoms with Crippen LogP contribution in [0.5, 0.6) is 5.75 Å². The molecule has 1 fully saturated rings. The number of anilines is 2. The van der Waals surface area contributed by atoms with Crippen LogP contribution in [0.2, 0.25) is 0 Å². The van der Waals surface area contributed by atoms with Gasteiger partial charge in [-0.25, -0.2) is 22.6 Å². The Bertz CT molecular complexity index is 2060. The maximum atomic E-state index is 14.6. The van der Waals surface area contributed by atoms with Crippen LogP contribution in [-0.4, -0.2) is 71.4 Å². The molecule has 2 heterocycles. The molecule has 4 aromatic rings. The van der Waals surface area contributed by atoms with Crippen LogP contribution >= 0.6 is 0 Å². The minimum absolute atomic E-state index is 0.0142. The standard InChI is InChI=1S/C32H33FN4O6S.C2HF3O2/c1-18(2)44(41,42)27-7-5-4-6-23(27)29-24(32(39)40)13-15-37(29)31(38)28(20-8-11-25(33)26(17-20)43-3)36-21-9-10-22-19(16-21)12-14-35-30(22)34;3-2(4,5)1(6)7/h4-12,14,16-18,24,28-29,36H,13,15H2,1-3H3,(H2,34,35)(H,39,40);(H,6,7)/t24-,28+,29-;/m0./s1. The van der Waals surface area contributed by atoms with Crippen molar-refractivity contribution in [2.45, 2.75) is 48.7 Å². The summed E-state index contributed by atoms with van der Waals surface area (Å²) in [7, 11) is -2.51. The highest BCUT2D eigenvalue weighted by atomic mass is 32.2. The van der Waals surface area contributed by atoms with E-state index in [-0.39, 0.29) is 29.2 Å². The first-order chi connectivity index (χ1) is 23.9. The Kier molecular flexibility index (Phi) is 11.4. The number of aromatic nitrogens is 1. The summed E-state index contributed by atoms with van der Waals surface area (Å²) in [4.78, 5) is 41.4. The van der Waals surface area contributed by atoms with Gasteiger partial charge in [0.2, 0.25) is 5.91 Å². The van der Waals surface area contributed by atoms with Gasteiger partial charge in [-0.1, -0.05) is 24.3 Å². The van der Waals surface area contributed by atoms with Crippen molar-refractivity contribution in [3.63, 3.8) is 0 Å². The van der Waals surface area contributed by atoms with Gasteiger partial charge < -0.3 is 30.9 Å². The zero-order valence-corrected chi connectivity index (χ0v) is 28.2. The summed E-state index contributed by atoms with van der Waals surface area (Å²) >= 11 is 0. The number of carbonyl (C=O) groups is 3. The second-order valence-corrected chi connectivity index (χ2v) is 14.2. The topological polar surface area (TPSA) is 189 Å². The Morgan fingerprint density at radius 2 is 1.71 bits per heavy atom. The molecule has 0 aliphatic carbocycles. The van der Waals surface area contributed by atoms with Gasteiger partial charge in [0.05, 0.1) is 29.2 Å². The normalized spacial score (nSPS) is 16.7. The molecule has 1 aliphatic rings. The quantitative estimate of drug-likeness (QED) is 0.157. The summed E-state index contributed by atoms with van der Waals surface area (Å²) in [6.45, 7) is 3.16. The summed E-state index contributed by atoms with van der Waals surface area (Å²) in [6, 6.07) is 15.1. The first kappa shape index (κ1) is 38.4. The number of amides is 1. The van der Waals surface area contributed by atoms with Gasteiger partial charge in [-0.15, -0.1) is 0 Å². The number of nitrogens with two attached hydrogens (primary N) is 1. The number of likely N-dealkylation sites (tertiary alicyclic amines) is 1.